The molecule has 3 aromatic rings. The van der Waals surface area contributed by atoms with Crippen molar-refractivity contribution in [3.05, 3.63) is 71.8 Å². The lowest BCUT2D eigenvalue weighted by Crippen LogP contribution is -2.47. The minimum absolute atomic E-state index is 0.490. The summed E-state index contributed by atoms with van der Waals surface area (Å²) in [6, 6.07) is 21.3. The molecule has 1 aromatic heterocycles. The molecule has 3 heterocycles. The third kappa shape index (κ3) is 5.63. The van der Waals surface area contributed by atoms with E-state index < -0.39 is 0 Å². The number of piperazine rings is 1. The van der Waals surface area contributed by atoms with E-state index in [1.807, 2.05) is 0 Å². The van der Waals surface area contributed by atoms with Gasteiger partial charge in [0.15, 0.2) is 5.11 Å². The molecule has 5 rings (SSSR count). The molecule has 35 heavy (non-hydrogen) atoms. The molecule has 1 fully saturated rings. The van der Waals surface area contributed by atoms with Crippen LogP contribution in [0.4, 0.5) is 23.3 Å². The highest BCUT2D eigenvalue weighted by molar-refractivity contribution is 7.80. The lowest BCUT2D eigenvalue weighted by molar-refractivity contribution is 0.204. The topological polar surface area (TPSA) is 68.8 Å². The number of fused-ring (bicyclic) bond motifs is 1. The van der Waals surface area contributed by atoms with Crippen LogP contribution in [0, 0.1) is 0 Å². The molecule has 0 spiro atoms. The lowest BCUT2D eigenvalue weighted by atomic mass is 10.1. The molecule has 2 aromatic carbocycles. The number of para-hydroxylation sites is 1. The Kier molecular flexibility index (Phi) is 7.25. The quantitative estimate of drug-likeness (QED) is 0.384. The summed E-state index contributed by atoms with van der Waals surface area (Å²) < 4.78 is 5.10. The average molecular weight is 490 g/mol. The Hall–Kier alpha value is -3.43. The van der Waals surface area contributed by atoms with Gasteiger partial charge in [-0.1, -0.05) is 42.5 Å². The zero-order valence-corrected chi connectivity index (χ0v) is 20.8. The molecule has 8 nitrogen and oxygen atoms in total. The zero-order valence-electron chi connectivity index (χ0n) is 20.0. The van der Waals surface area contributed by atoms with E-state index in [1.165, 1.54) is 16.8 Å². The van der Waals surface area contributed by atoms with E-state index in [-0.39, 0.29) is 0 Å². The smallest absolute Gasteiger partial charge is 0.232 e. The summed E-state index contributed by atoms with van der Waals surface area (Å²) >= 11 is 5.46. The van der Waals surface area contributed by atoms with Gasteiger partial charge in [-0.3, -0.25) is 0 Å². The van der Waals surface area contributed by atoms with E-state index in [4.69, 9.17) is 26.9 Å². The first-order valence-corrected chi connectivity index (χ1v) is 12.4. The fourth-order valence-electron chi connectivity index (χ4n) is 4.54. The molecular formula is C26H31N7OS. The Morgan fingerprint density at radius 1 is 0.857 bits per heavy atom. The highest BCUT2D eigenvalue weighted by Gasteiger charge is 2.24. The van der Waals surface area contributed by atoms with E-state index in [1.54, 1.807) is 7.11 Å². The standard InChI is InChI=1S/C26H31N7OS/c1-34-16-11-27-26(35)30-25-28-23(32-14-12-31(13-15-32)22-9-3-2-4-10-22)17-24(29-25)33-18-20-7-5-6-8-21(20)19-33/h2-10,17H,11-16,18-19H2,1H3,(H2,27,28,29,30,35). The Morgan fingerprint density at radius 2 is 1.46 bits per heavy atom. The number of methoxy groups -OCH3 is 1. The monoisotopic (exact) mass is 489 g/mol. The number of anilines is 4. The van der Waals surface area contributed by atoms with Gasteiger partial charge in [-0.25, -0.2) is 0 Å². The minimum Gasteiger partial charge on any atom is -0.383 e. The second kappa shape index (κ2) is 10.9. The van der Waals surface area contributed by atoms with Gasteiger partial charge in [-0.15, -0.1) is 0 Å². The van der Waals surface area contributed by atoms with E-state index in [2.05, 4.69) is 86.0 Å². The van der Waals surface area contributed by atoms with Crippen LogP contribution in [-0.4, -0.2) is 61.5 Å². The number of nitrogens with one attached hydrogen (secondary N) is 2. The molecule has 2 aliphatic rings. The molecule has 2 N–H and O–H groups in total. The maximum atomic E-state index is 5.46. The van der Waals surface area contributed by atoms with Crippen LogP contribution in [0.5, 0.6) is 0 Å². The van der Waals surface area contributed by atoms with Crippen molar-refractivity contribution in [3.8, 4) is 0 Å². The molecule has 0 radical (unpaired) electrons. The summed E-state index contributed by atoms with van der Waals surface area (Å²) in [6.07, 6.45) is 0. The predicted octanol–water partition coefficient (Wildman–Crippen LogP) is 3.26. The van der Waals surface area contributed by atoms with E-state index >= 15 is 0 Å². The number of rotatable bonds is 7. The predicted molar refractivity (Wildman–Crippen MR) is 145 cm³/mol. The Balaban J connectivity index is 1.34. The van der Waals surface area contributed by atoms with E-state index in [0.717, 1.165) is 50.9 Å². The van der Waals surface area contributed by atoms with Crippen LogP contribution in [-0.2, 0) is 17.8 Å². The minimum atomic E-state index is 0.490. The van der Waals surface area contributed by atoms with Gasteiger partial charge in [0, 0.05) is 64.7 Å². The van der Waals surface area contributed by atoms with Gasteiger partial charge in [-0.05, 0) is 35.5 Å². The summed E-state index contributed by atoms with van der Waals surface area (Å²) in [7, 11) is 1.67. The molecular weight excluding hydrogens is 458 g/mol. The molecule has 0 saturated carbocycles. The fraction of sp³-hybridized carbons (Fsp3) is 0.346. The number of ether oxygens (including phenoxy) is 1. The van der Waals surface area contributed by atoms with Crippen molar-refractivity contribution in [1.29, 1.82) is 0 Å². The molecule has 0 atom stereocenters. The number of benzene rings is 2. The van der Waals surface area contributed by atoms with E-state index in [9.17, 15) is 0 Å². The van der Waals surface area contributed by atoms with Gasteiger partial charge in [0.2, 0.25) is 5.95 Å². The molecule has 0 unspecified atom stereocenters. The van der Waals surface area contributed by atoms with Crippen molar-refractivity contribution in [2.75, 3.05) is 66.5 Å². The second-order valence-electron chi connectivity index (χ2n) is 8.72. The fourth-order valence-corrected chi connectivity index (χ4v) is 4.74. The van der Waals surface area contributed by atoms with Crippen molar-refractivity contribution in [2.45, 2.75) is 13.1 Å². The molecule has 2 aliphatic heterocycles. The highest BCUT2D eigenvalue weighted by Crippen LogP contribution is 2.30. The SMILES string of the molecule is COCCNC(=S)Nc1nc(N2CCN(c3ccccc3)CC2)cc(N2Cc3ccccc3C2)n1. The largest absolute Gasteiger partial charge is 0.383 e. The number of aromatic nitrogens is 2. The summed E-state index contributed by atoms with van der Waals surface area (Å²) in [5, 5.41) is 6.81. The second-order valence-corrected chi connectivity index (χ2v) is 9.12. The van der Waals surface area contributed by atoms with Gasteiger partial charge in [0.25, 0.3) is 0 Å². The number of hydrogen-bond donors (Lipinski definition) is 2. The van der Waals surface area contributed by atoms with Gasteiger partial charge < -0.3 is 30.1 Å². The molecule has 0 aliphatic carbocycles. The Labute approximate surface area is 211 Å². The van der Waals surface area contributed by atoms with Crippen LogP contribution in [0.1, 0.15) is 11.1 Å². The lowest BCUT2D eigenvalue weighted by Gasteiger charge is -2.37. The summed E-state index contributed by atoms with van der Waals surface area (Å²) in [6.45, 7) is 6.54. The summed E-state index contributed by atoms with van der Waals surface area (Å²) in [5.74, 6) is 2.33. The molecule has 182 valence electrons. The number of nitrogens with zero attached hydrogens (tertiary/aromatic N) is 5. The van der Waals surface area contributed by atoms with Crippen LogP contribution in [0.3, 0.4) is 0 Å². The van der Waals surface area contributed by atoms with E-state index in [0.29, 0.717) is 24.2 Å². The Bertz CT molecular complexity index is 1130. The normalized spacial score (nSPS) is 15.2. The van der Waals surface area contributed by atoms with Crippen LogP contribution in [0.15, 0.2) is 60.7 Å². The Morgan fingerprint density at radius 3 is 2.11 bits per heavy atom. The average Bonchev–Trinajstić information content (AvgIpc) is 3.34. The molecule has 0 amide bonds. The number of thiocarbonyl (C=S) groups is 1. The van der Waals surface area contributed by atoms with Gasteiger partial charge in [0.05, 0.1) is 6.61 Å². The highest BCUT2D eigenvalue weighted by atomic mass is 32.1. The molecule has 0 bridgehead atoms. The first-order chi connectivity index (χ1) is 17.2. The van der Waals surface area contributed by atoms with Crippen LogP contribution >= 0.6 is 12.2 Å². The first-order valence-electron chi connectivity index (χ1n) is 12.0. The van der Waals surface area contributed by atoms with Crippen LogP contribution in [0.25, 0.3) is 0 Å². The first kappa shape index (κ1) is 23.3. The summed E-state index contributed by atoms with van der Waals surface area (Å²) in [5.41, 5.74) is 3.95. The number of hydrogen-bond acceptors (Lipinski definition) is 7. The molecule has 1 saturated heterocycles. The van der Waals surface area contributed by atoms with Crippen LogP contribution in [0.2, 0.25) is 0 Å². The van der Waals surface area contributed by atoms with Gasteiger partial charge in [-0.2, -0.15) is 9.97 Å². The molecule has 9 heteroatoms. The summed E-state index contributed by atoms with van der Waals surface area (Å²) in [4.78, 5) is 16.7. The maximum Gasteiger partial charge on any atom is 0.232 e. The van der Waals surface area contributed by atoms with Gasteiger partial charge in [0.1, 0.15) is 11.6 Å². The van der Waals surface area contributed by atoms with Crippen molar-refractivity contribution in [3.63, 3.8) is 0 Å². The van der Waals surface area contributed by atoms with Crippen molar-refractivity contribution < 1.29 is 4.74 Å². The maximum absolute atomic E-state index is 5.46. The van der Waals surface area contributed by atoms with Crippen molar-refractivity contribution in [2.24, 2.45) is 0 Å². The third-order valence-corrected chi connectivity index (χ3v) is 6.65. The van der Waals surface area contributed by atoms with Crippen molar-refractivity contribution in [1.82, 2.24) is 15.3 Å². The van der Waals surface area contributed by atoms with Crippen LogP contribution < -0.4 is 25.3 Å². The van der Waals surface area contributed by atoms with Gasteiger partial charge >= 0.3 is 0 Å². The third-order valence-electron chi connectivity index (χ3n) is 6.41. The zero-order chi connectivity index (χ0) is 24.0. The van der Waals surface area contributed by atoms with Crippen molar-refractivity contribution >= 4 is 40.6 Å².